The van der Waals surface area contributed by atoms with Crippen LogP contribution in [-0.2, 0) is 0 Å². The topological polar surface area (TPSA) is 48.0 Å². The predicted molar refractivity (Wildman–Crippen MR) is 52.2 cm³/mol. The molecule has 1 aromatic rings. The fourth-order valence-corrected chi connectivity index (χ4v) is 1.63. The molecule has 1 rings (SSSR count). The quantitative estimate of drug-likeness (QED) is 0.538. The minimum atomic E-state index is -0.274. The summed E-state index contributed by atoms with van der Waals surface area (Å²) in [4.78, 5) is 10.9. The minimum absolute atomic E-state index is 0.224. The van der Waals surface area contributed by atoms with Gasteiger partial charge in [-0.1, -0.05) is 12.8 Å². The molecule has 54 valence electrons. The third-order valence-electron chi connectivity index (χ3n) is 0.994. The van der Waals surface area contributed by atoms with Gasteiger partial charge in [0.2, 0.25) is 0 Å². The Morgan fingerprint density at radius 3 is 2.80 bits per heavy atom. The molecule has 0 saturated carbocycles. The molecule has 0 saturated heterocycles. The van der Waals surface area contributed by atoms with Crippen molar-refractivity contribution in [2.24, 2.45) is 0 Å². The molecule has 0 unspecified atom stereocenters. The van der Waals surface area contributed by atoms with Gasteiger partial charge in [-0.3, -0.25) is 8.77 Å². The van der Waals surface area contributed by atoms with E-state index in [0.717, 1.165) is 7.54 Å². The number of anilines is 1. The molecule has 0 aliphatic carbocycles. The molecule has 1 heterocycles. The highest BCUT2D eigenvalue weighted by molar-refractivity contribution is 14.1. The lowest BCUT2D eigenvalue weighted by molar-refractivity contribution is 1.15. The summed E-state index contributed by atoms with van der Waals surface area (Å²) in [6, 6.07) is 1.61. The van der Waals surface area contributed by atoms with Gasteiger partial charge in [0.15, 0.2) is 0 Å². The molecule has 5 heteroatoms. The molecule has 0 fully saturated rings. The van der Waals surface area contributed by atoms with Crippen LogP contribution in [0.1, 0.15) is 0 Å². The first-order valence-electron chi connectivity index (χ1n) is 2.48. The van der Waals surface area contributed by atoms with E-state index in [1.54, 1.807) is 12.3 Å². The average Bonchev–Trinajstić information content (AvgIpc) is 1.82. The number of nitrogens with zero attached hydrogens (tertiary/aromatic N) is 1. The second-order valence-corrected chi connectivity index (χ2v) is 3.44. The van der Waals surface area contributed by atoms with Crippen molar-refractivity contribution in [3.8, 4) is 0 Å². The molecule has 3 nitrogen and oxygen atoms in total. The van der Waals surface area contributed by atoms with Crippen molar-refractivity contribution in [2.75, 3.05) is 5.73 Å². The zero-order valence-electron chi connectivity index (χ0n) is 4.91. The monoisotopic (exact) mass is 268 g/mol. The summed E-state index contributed by atoms with van der Waals surface area (Å²) in [5.41, 5.74) is 5.28. The Labute approximate surface area is 76.9 Å². The van der Waals surface area contributed by atoms with Gasteiger partial charge in [-0.15, -0.1) is 0 Å². The number of thiol groups is 1. The Hall–Kier alpha value is -0.170. The summed E-state index contributed by atoms with van der Waals surface area (Å²) >= 11 is 5.92. The number of hydrogen-bond donors (Lipinski definition) is 2. The van der Waals surface area contributed by atoms with Crippen molar-refractivity contribution in [2.45, 2.75) is 0 Å². The summed E-state index contributed by atoms with van der Waals surface area (Å²) in [6.45, 7) is 0. The minimum Gasteiger partial charge on any atom is -0.394 e. The molecule has 0 radical (unpaired) electrons. The van der Waals surface area contributed by atoms with Crippen molar-refractivity contribution in [1.29, 1.82) is 0 Å². The number of hydrogen-bond acceptors (Lipinski definition) is 3. The van der Waals surface area contributed by atoms with Crippen molar-refractivity contribution < 1.29 is 0 Å². The summed E-state index contributed by atoms with van der Waals surface area (Å²) < 4.78 is 2.06. The van der Waals surface area contributed by atoms with E-state index >= 15 is 0 Å². The largest absolute Gasteiger partial charge is 0.394 e. The van der Waals surface area contributed by atoms with Crippen LogP contribution >= 0.6 is 35.4 Å². The van der Waals surface area contributed by atoms with E-state index in [-0.39, 0.29) is 11.2 Å². The first-order valence-corrected chi connectivity index (χ1v) is 3.96. The molecule has 0 aliphatic heterocycles. The molecule has 0 bridgehead atoms. The summed E-state index contributed by atoms with van der Waals surface area (Å²) in [6.07, 6.45) is 1.60. The predicted octanol–water partition coefficient (Wildman–Crippen LogP) is 0.728. The zero-order chi connectivity index (χ0) is 7.72. The molecular weight excluding hydrogens is 263 g/mol. The third kappa shape index (κ3) is 1.46. The summed E-state index contributed by atoms with van der Waals surface area (Å²) in [5.74, 6) is 0. The summed E-state index contributed by atoms with van der Waals surface area (Å²) in [7, 11) is 0. The number of halogens is 1. The fourth-order valence-electron chi connectivity index (χ4n) is 0.555. The Kier molecular flexibility index (Phi) is 2.24. The van der Waals surface area contributed by atoms with Gasteiger partial charge >= 0.3 is 0 Å². The highest BCUT2D eigenvalue weighted by Gasteiger charge is 1.97. The van der Waals surface area contributed by atoms with E-state index < -0.39 is 0 Å². The Morgan fingerprint density at radius 2 is 2.30 bits per heavy atom. The first-order chi connectivity index (χ1) is 4.61. The van der Waals surface area contributed by atoms with Gasteiger partial charge in [0, 0.05) is 9.77 Å². The molecule has 10 heavy (non-hydrogen) atoms. The molecule has 0 aliphatic rings. The highest BCUT2D eigenvalue weighted by atomic mass is 127. The van der Waals surface area contributed by atoms with E-state index in [0.29, 0.717) is 0 Å². The standard InChI is InChI=1S/C5H5IN2OS/c6-3-1-4(7)5(9)8(10)2-3/h1-2,10H,7H2. The van der Waals surface area contributed by atoms with Gasteiger partial charge in [0.25, 0.3) is 5.56 Å². The Bertz CT molecular complexity index is 283. The maximum absolute atomic E-state index is 10.9. The van der Waals surface area contributed by atoms with E-state index in [2.05, 4.69) is 35.4 Å². The molecule has 0 amide bonds. The van der Waals surface area contributed by atoms with Gasteiger partial charge in [-0.2, -0.15) is 0 Å². The molecule has 0 aromatic carbocycles. The zero-order valence-corrected chi connectivity index (χ0v) is 7.96. The number of nitrogen functional groups attached to an aromatic ring is 1. The maximum atomic E-state index is 10.9. The number of aromatic nitrogens is 1. The normalized spacial score (nSPS) is 9.80. The lowest BCUT2D eigenvalue weighted by atomic mass is 10.4. The van der Waals surface area contributed by atoms with Gasteiger partial charge in [-0.05, 0) is 28.7 Å². The third-order valence-corrected chi connectivity index (χ3v) is 1.88. The highest BCUT2D eigenvalue weighted by Crippen LogP contribution is 2.04. The Balaban J connectivity index is 3.46. The molecule has 0 atom stereocenters. The Morgan fingerprint density at radius 1 is 1.70 bits per heavy atom. The number of nitrogens with two attached hydrogens (primary N) is 1. The van der Waals surface area contributed by atoms with Crippen LogP contribution in [0.25, 0.3) is 0 Å². The van der Waals surface area contributed by atoms with Crippen molar-refractivity contribution in [1.82, 2.24) is 3.97 Å². The van der Waals surface area contributed by atoms with Gasteiger partial charge in [0.05, 0.1) is 5.69 Å². The smallest absolute Gasteiger partial charge is 0.283 e. The van der Waals surface area contributed by atoms with Crippen LogP contribution < -0.4 is 11.3 Å². The van der Waals surface area contributed by atoms with Crippen LogP contribution in [0.3, 0.4) is 0 Å². The van der Waals surface area contributed by atoms with Gasteiger partial charge < -0.3 is 5.73 Å². The van der Waals surface area contributed by atoms with Crippen LogP contribution in [0.4, 0.5) is 5.69 Å². The van der Waals surface area contributed by atoms with Crippen molar-refractivity contribution in [3.05, 3.63) is 26.2 Å². The van der Waals surface area contributed by atoms with Crippen molar-refractivity contribution in [3.63, 3.8) is 0 Å². The van der Waals surface area contributed by atoms with Crippen LogP contribution in [-0.4, -0.2) is 3.97 Å². The molecular formula is C5H5IN2OS. The lowest BCUT2D eigenvalue weighted by Crippen LogP contribution is -2.16. The summed E-state index contributed by atoms with van der Waals surface area (Å²) in [5, 5.41) is 0. The second kappa shape index (κ2) is 2.83. The van der Waals surface area contributed by atoms with E-state index in [4.69, 9.17) is 5.73 Å². The van der Waals surface area contributed by atoms with Crippen LogP contribution in [0, 0.1) is 3.57 Å². The maximum Gasteiger partial charge on any atom is 0.283 e. The molecule has 0 spiro atoms. The molecule has 1 aromatic heterocycles. The van der Waals surface area contributed by atoms with Gasteiger partial charge in [0.1, 0.15) is 0 Å². The van der Waals surface area contributed by atoms with Crippen LogP contribution in [0.15, 0.2) is 17.1 Å². The first kappa shape index (κ1) is 7.93. The van der Waals surface area contributed by atoms with Gasteiger partial charge in [-0.25, -0.2) is 0 Å². The van der Waals surface area contributed by atoms with Crippen LogP contribution in [0.5, 0.6) is 0 Å². The average molecular weight is 268 g/mol. The fraction of sp³-hybridized carbons (Fsp3) is 0. The van der Waals surface area contributed by atoms with E-state index in [1.165, 1.54) is 0 Å². The van der Waals surface area contributed by atoms with Crippen LogP contribution in [0.2, 0.25) is 0 Å². The SMILES string of the molecule is Nc1cc(I)cn(S)c1=O. The number of pyridine rings is 1. The van der Waals surface area contributed by atoms with E-state index in [9.17, 15) is 4.79 Å². The number of rotatable bonds is 0. The molecule has 2 N–H and O–H groups in total. The second-order valence-electron chi connectivity index (χ2n) is 1.76. The van der Waals surface area contributed by atoms with Crippen molar-refractivity contribution >= 4 is 41.1 Å². The lowest BCUT2D eigenvalue weighted by Gasteiger charge is -1.97. The van der Waals surface area contributed by atoms with E-state index in [1.807, 2.05) is 0 Å².